The van der Waals surface area contributed by atoms with E-state index in [4.69, 9.17) is 13.2 Å². The van der Waals surface area contributed by atoms with Gasteiger partial charge in [0.2, 0.25) is 0 Å². The van der Waals surface area contributed by atoms with Gasteiger partial charge in [0, 0.05) is 11.5 Å². The Morgan fingerprint density at radius 3 is 1.54 bits per heavy atom. The zero-order chi connectivity index (χ0) is 26.2. The van der Waals surface area contributed by atoms with Crippen LogP contribution in [0.3, 0.4) is 0 Å². The van der Waals surface area contributed by atoms with Crippen molar-refractivity contribution in [2.24, 2.45) is 29.6 Å². The van der Waals surface area contributed by atoms with Crippen molar-refractivity contribution in [2.75, 3.05) is 0 Å². The molecule has 1 heteroatoms. The minimum Gasteiger partial charge on any atom is -0.0949 e. The van der Waals surface area contributed by atoms with E-state index in [9.17, 15) is 0 Å². The Labute approximate surface area is 229 Å². The highest BCUT2D eigenvalue weighted by Crippen LogP contribution is 2.72. The molecule has 8 unspecified atom stereocenters. The van der Waals surface area contributed by atoms with Crippen LogP contribution in [0.5, 0.6) is 0 Å². The lowest BCUT2D eigenvalue weighted by atomic mass is 9.81. The SMILES string of the molecule is C=C1C(=C)C([Si](C2=C(C)C(C)C(=C)C2=C)(C2CCC3CCCCC32)C2CCC3CCCCC32)C(C)=C1C. The van der Waals surface area contributed by atoms with Gasteiger partial charge in [0.05, 0.1) is 0 Å². The van der Waals surface area contributed by atoms with Crippen LogP contribution in [0.2, 0.25) is 16.6 Å². The minimum atomic E-state index is -2.20. The van der Waals surface area contributed by atoms with Crippen molar-refractivity contribution in [1.82, 2.24) is 0 Å². The van der Waals surface area contributed by atoms with Gasteiger partial charge in [0.15, 0.2) is 0 Å². The molecule has 0 aromatic carbocycles. The third kappa shape index (κ3) is 3.51. The summed E-state index contributed by atoms with van der Waals surface area (Å²) in [5.41, 5.74) is 12.4. The highest BCUT2D eigenvalue weighted by atomic mass is 28.3. The molecule has 37 heavy (non-hydrogen) atoms. The zero-order valence-corrected chi connectivity index (χ0v) is 25.4. The number of rotatable bonds is 4. The largest absolute Gasteiger partial charge is 0.105 e. The van der Waals surface area contributed by atoms with Gasteiger partial charge in [-0.05, 0) is 83.4 Å². The van der Waals surface area contributed by atoms with E-state index in [-0.39, 0.29) is 0 Å². The van der Waals surface area contributed by atoms with Crippen LogP contribution in [0, 0.1) is 29.6 Å². The number of allylic oxidation sites excluding steroid dienone is 8. The van der Waals surface area contributed by atoms with Gasteiger partial charge in [-0.2, -0.15) is 0 Å². The molecular weight excluding hydrogens is 460 g/mol. The van der Waals surface area contributed by atoms with Crippen LogP contribution in [0.15, 0.2) is 70.5 Å². The Morgan fingerprint density at radius 1 is 0.595 bits per heavy atom. The fourth-order valence-corrected chi connectivity index (χ4v) is 20.7. The molecule has 0 aromatic heterocycles. The van der Waals surface area contributed by atoms with Crippen LogP contribution in [-0.2, 0) is 0 Å². The minimum absolute atomic E-state index is 0.449. The number of hydrogen-bond donors (Lipinski definition) is 0. The van der Waals surface area contributed by atoms with E-state index < -0.39 is 8.07 Å². The van der Waals surface area contributed by atoms with Crippen molar-refractivity contribution < 1.29 is 0 Å². The van der Waals surface area contributed by atoms with Crippen LogP contribution >= 0.6 is 0 Å². The fraction of sp³-hybridized carbons (Fsp3) is 0.667. The highest BCUT2D eigenvalue weighted by Gasteiger charge is 2.65. The van der Waals surface area contributed by atoms with Gasteiger partial charge in [0.1, 0.15) is 8.07 Å². The molecule has 0 heterocycles. The Morgan fingerprint density at radius 2 is 1.11 bits per heavy atom. The lowest BCUT2D eigenvalue weighted by Gasteiger charge is -2.54. The van der Waals surface area contributed by atoms with Gasteiger partial charge in [-0.25, -0.2) is 0 Å². The van der Waals surface area contributed by atoms with E-state index in [0.29, 0.717) is 11.5 Å². The Bertz CT molecular complexity index is 1080. The van der Waals surface area contributed by atoms with E-state index in [1.54, 1.807) is 16.3 Å². The molecule has 0 spiro atoms. The first-order chi connectivity index (χ1) is 17.7. The van der Waals surface area contributed by atoms with Crippen LogP contribution < -0.4 is 0 Å². The highest BCUT2D eigenvalue weighted by molar-refractivity contribution is 6.92. The van der Waals surface area contributed by atoms with Crippen LogP contribution in [-0.4, -0.2) is 8.07 Å². The molecule has 0 radical (unpaired) electrons. The lowest BCUT2D eigenvalue weighted by molar-refractivity contribution is 0.262. The summed E-state index contributed by atoms with van der Waals surface area (Å²) in [6, 6.07) is 0. The summed E-state index contributed by atoms with van der Waals surface area (Å²) >= 11 is 0. The second-order valence-corrected chi connectivity index (χ2v) is 18.7. The maximum Gasteiger partial charge on any atom is 0.105 e. The maximum absolute atomic E-state index is 4.91. The summed E-state index contributed by atoms with van der Waals surface area (Å²) in [5, 5.41) is 1.80. The van der Waals surface area contributed by atoms with Crippen molar-refractivity contribution in [3.63, 3.8) is 0 Å². The molecular formula is C36H52Si. The molecule has 8 atom stereocenters. The van der Waals surface area contributed by atoms with E-state index in [1.807, 2.05) is 0 Å². The Hall–Kier alpha value is -1.34. The maximum atomic E-state index is 4.91. The molecule has 0 N–H and O–H groups in total. The van der Waals surface area contributed by atoms with Crippen LogP contribution in [0.4, 0.5) is 0 Å². The Kier molecular flexibility index (Phi) is 6.58. The molecule has 6 aliphatic rings. The van der Waals surface area contributed by atoms with Gasteiger partial charge in [-0.3, -0.25) is 0 Å². The van der Waals surface area contributed by atoms with Gasteiger partial charge in [-0.15, -0.1) is 0 Å². The van der Waals surface area contributed by atoms with Crippen LogP contribution in [0.1, 0.15) is 105 Å². The summed E-state index contributed by atoms with van der Waals surface area (Å²) < 4.78 is 0. The summed E-state index contributed by atoms with van der Waals surface area (Å²) in [5.74, 6) is 4.23. The quantitative estimate of drug-likeness (QED) is 0.329. The van der Waals surface area contributed by atoms with E-state index in [0.717, 1.165) is 34.8 Å². The van der Waals surface area contributed by atoms with Crippen molar-refractivity contribution in [3.8, 4) is 0 Å². The van der Waals surface area contributed by atoms with Crippen molar-refractivity contribution in [2.45, 2.75) is 121 Å². The first kappa shape index (κ1) is 25.9. The molecule has 4 fully saturated rings. The molecule has 0 nitrogen and oxygen atoms in total. The van der Waals surface area contributed by atoms with Crippen molar-refractivity contribution in [1.29, 1.82) is 0 Å². The number of hydrogen-bond acceptors (Lipinski definition) is 0. The molecule has 6 aliphatic carbocycles. The van der Waals surface area contributed by atoms with Crippen molar-refractivity contribution >= 4 is 8.07 Å². The smallest absolute Gasteiger partial charge is 0.0949 e. The first-order valence-corrected chi connectivity index (χ1v) is 18.1. The average Bonchev–Trinajstić information content (AvgIpc) is 3.63. The zero-order valence-electron chi connectivity index (χ0n) is 24.4. The second-order valence-electron chi connectivity index (χ2n) is 14.2. The normalized spacial score (nSPS) is 42.1. The summed E-state index contributed by atoms with van der Waals surface area (Å²) in [6.45, 7) is 28.9. The fourth-order valence-electron chi connectivity index (χ4n) is 11.4. The van der Waals surface area contributed by atoms with Gasteiger partial charge < -0.3 is 0 Å². The summed E-state index contributed by atoms with van der Waals surface area (Å²) in [4.78, 5) is 0. The molecule has 4 saturated carbocycles. The average molecular weight is 513 g/mol. The molecule has 6 rings (SSSR count). The second kappa shape index (κ2) is 9.39. The predicted octanol–water partition coefficient (Wildman–Crippen LogP) is 10.8. The first-order valence-electron chi connectivity index (χ1n) is 15.9. The monoisotopic (exact) mass is 512 g/mol. The van der Waals surface area contributed by atoms with Gasteiger partial charge >= 0.3 is 0 Å². The van der Waals surface area contributed by atoms with Gasteiger partial charge in [0.25, 0.3) is 0 Å². The molecule has 0 saturated heterocycles. The molecule has 0 aliphatic heterocycles. The van der Waals surface area contributed by atoms with E-state index in [1.165, 1.54) is 105 Å². The topological polar surface area (TPSA) is 0 Å². The van der Waals surface area contributed by atoms with E-state index in [2.05, 4.69) is 40.9 Å². The van der Waals surface area contributed by atoms with E-state index >= 15 is 0 Å². The predicted molar refractivity (Wildman–Crippen MR) is 163 cm³/mol. The standard InChI is InChI=1S/C36H52Si/c1-21-22(2)26(6)35(25(21)5)37(36-27(7)23(3)24(4)28(36)8,33-19-17-29-13-9-11-15-31(29)33)34-20-18-30-14-10-12-16-32(30)34/h22,29-34,36H,1,3,5,7,9-20H2,2,4,6,8H3. The van der Waals surface area contributed by atoms with Crippen molar-refractivity contribution in [3.05, 3.63) is 70.5 Å². The summed E-state index contributed by atoms with van der Waals surface area (Å²) in [6.07, 6.45) is 17.6. The molecule has 0 aromatic rings. The molecule has 200 valence electrons. The summed E-state index contributed by atoms with van der Waals surface area (Å²) in [7, 11) is -2.20. The molecule has 0 bridgehead atoms. The van der Waals surface area contributed by atoms with Gasteiger partial charge in [-0.1, -0.05) is 127 Å². The third-order valence-corrected chi connectivity index (χ3v) is 20.5. The lowest BCUT2D eigenvalue weighted by Crippen LogP contribution is -2.55. The van der Waals surface area contributed by atoms with Crippen LogP contribution in [0.25, 0.3) is 0 Å². The molecule has 0 amide bonds. The third-order valence-electron chi connectivity index (χ3n) is 13.3. The number of fused-ring (bicyclic) bond motifs is 2. The Balaban J connectivity index is 1.65.